The highest BCUT2D eigenvalue weighted by Gasteiger charge is 2.11. The van der Waals surface area contributed by atoms with Gasteiger partial charge in [-0.3, -0.25) is 0 Å². The molecule has 0 saturated carbocycles. The van der Waals surface area contributed by atoms with Crippen LogP contribution in [0, 0.1) is 6.92 Å². The van der Waals surface area contributed by atoms with E-state index in [1.165, 1.54) is 0 Å². The molecule has 0 amide bonds. The first-order valence-corrected chi connectivity index (χ1v) is 7.23. The van der Waals surface area contributed by atoms with E-state index in [9.17, 15) is 5.11 Å². The van der Waals surface area contributed by atoms with E-state index in [-0.39, 0.29) is 6.61 Å². The van der Waals surface area contributed by atoms with Crippen molar-refractivity contribution >= 4 is 0 Å². The van der Waals surface area contributed by atoms with E-state index >= 15 is 0 Å². The van der Waals surface area contributed by atoms with Crippen LogP contribution in [0.4, 0.5) is 0 Å². The summed E-state index contributed by atoms with van der Waals surface area (Å²) in [6.07, 6.45) is 0. The Kier molecular flexibility index (Phi) is 4.26. The first-order chi connectivity index (χ1) is 10.8. The molecule has 3 rings (SSSR count). The molecule has 1 N–H and O–H groups in total. The first-order valence-electron chi connectivity index (χ1n) is 7.23. The number of ether oxygens (including phenoxy) is 1. The summed E-state index contributed by atoms with van der Waals surface area (Å²) in [7, 11) is 0. The van der Waals surface area contributed by atoms with Crippen LogP contribution in [0.3, 0.4) is 0 Å². The maximum absolute atomic E-state index is 9.34. The van der Waals surface area contributed by atoms with Gasteiger partial charge in [0.1, 0.15) is 23.9 Å². The second-order valence-electron chi connectivity index (χ2n) is 5.17. The minimum absolute atomic E-state index is 0.00828. The lowest BCUT2D eigenvalue weighted by atomic mass is 10.1. The monoisotopic (exact) mass is 294 g/mol. The molecule has 0 aliphatic carbocycles. The van der Waals surface area contributed by atoms with Gasteiger partial charge in [0.15, 0.2) is 0 Å². The lowest BCUT2D eigenvalue weighted by Crippen LogP contribution is -1.97. The Hall–Kier alpha value is -2.52. The third-order valence-corrected chi connectivity index (χ3v) is 3.47. The quantitative estimate of drug-likeness (QED) is 0.761. The smallest absolute Gasteiger partial charge is 0.137 e. The normalized spacial score (nSPS) is 10.6. The molecule has 3 nitrogen and oxygen atoms in total. The number of hydrogen-bond donors (Lipinski definition) is 1. The lowest BCUT2D eigenvalue weighted by molar-refractivity contribution is 0.281. The molecule has 112 valence electrons. The number of aliphatic hydroxyl groups is 1. The number of hydrogen-bond acceptors (Lipinski definition) is 3. The van der Waals surface area contributed by atoms with E-state index in [2.05, 4.69) is 0 Å². The molecule has 3 aromatic rings. The summed E-state index contributed by atoms with van der Waals surface area (Å²) >= 11 is 0. The summed E-state index contributed by atoms with van der Waals surface area (Å²) in [6.45, 7) is 2.39. The fourth-order valence-corrected chi connectivity index (χ4v) is 2.31. The molecule has 1 aromatic heterocycles. The van der Waals surface area contributed by atoms with Crippen LogP contribution in [0.25, 0.3) is 11.3 Å². The number of benzene rings is 2. The minimum atomic E-state index is -0.00828. The molecule has 0 unspecified atom stereocenters. The lowest BCUT2D eigenvalue weighted by Gasteiger charge is -2.11. The van der Waals surface area contributed by atoms with Gasteiger partial charge in [0.25, 0.3) is 0 Å². The van der Waals surface area contributed by atoms with Crippen LogP contribution in [-0.2, 0) is 13.2 Å². The zero-order valence-corrected chi connectivity index (χ0v) is 12.5. The van der Waals surface area contributed by atoms with Gasteiger partial charge in [-0.05, 0) is 42.3 Å². The average Bonchev–Trinajstić information content (AvgIpc) is 3.00. The fraction of sp³-hybridized carbons (Fsp3) is 0.158. The van der Waals surface area contributed by atoms with Crippen molar-refractivity contribution in [1.29, 1.82) is 0 Å². The van der Waals surface area contributed by atoms with Crippen LogP contribution in [0.1, 0.15) is 16.9 Å². The van der Waals surface area contributed by atoms with Crippen molar-refractivity contribution in [3.63, 3.8) is 0 Å². The Bertz CT molecular complexity index is 744. The second-order valence-corrected chi connectivity index (χ2v) is 5.17. The Morgan fingerprint density at radius 3 is 2.45 bits per heavy atom. The maximum atomic E-state index is 9.34. The third-order valence-electron chi connectivity index (χ3n) is 3.47. The Labute approximate surface area is 129 Å². The molecule has 0 aliphatic rings. The number of aryl methyl sites for hydroxylation is 1. The van der Waals surface area contributed by atoms with Crippen molar-refractivity contribution in [3.05, 3.63) is 77.6 Å². The summed E-state index contributed by atoms with van der Waals surface area (Å²) in [4.78, 5) is 0. The molecule has 0 radical (unpaired) electrons. The van der Waals surface area contributed by atoms with Gasteiger partial charge in [-0.15, -0.1) is 0 Å². The van der Waals surface area contributed by atoms with Crippen LogP contribution < -0.4 is 4.74 Å². The third kappa shape index (κ3) is 3.21. The predicted octanol–water partition coefficient (Wildman–Crippen LogP) is 4.33. The van der Waals surface area contributed by atoms with Crippen LogP contribution in [0.5, 0.6) is 5.75 Å². The van der Waals surface area contributed by atoms with Gasteiger partial charge in [-0.2, -0.15) is 0 Å². The van der Waals surface area contributed by atoms with Gasteiger partial charge < -0.3 is 14.3 Å². The van der Waals surface area contributed by atoms with Crippen LogP contribution in [0.2, 0.25) is 0 Å². The number of rotatable bonds is 5. The van der Waals surface area contributed by atoms with E-state index in [0.717, 1.165) is 34.0 Å². The van der Waals surface area contributed by atoms with Crippen molar-refractivity contribution in [2.75, 3.05) is 0 Å². The van der Waals surface area contributed by atoms with Crippen LogP contribution in [0.15, 0.2) is 65.1 Å². The fourth-order valence-electron chi connectivity index (χ4n) is 2.31. The number of furan rings is 1. The molecule has 0 bridgehead atoms. The molecule has 0 aliphatic heterocycles. The highest BCUT2D eigenvalue weighted by molar-refractivity contribution is 5.67. The molecular formula is C19H18O3. The van der Waals surface area contributed by atoms with Gasteiger partial charge >= 0.3 is 0 Å². The molecule has 22 heavy (non-hydrogen) atoms. The van der Waals surface area contributed by atoms with E-state index < -0.39 is 0 Å². The van der Waals surface area contributed by atoms with Gasteiger partial charge in [-0.25, -0.2) is 0 Å². The zero-order chi connectivity index (χ0) is 15.4. The van der Waals surface area contributed by atoms with Crippen molar-refractivity contribution in [2.24, 2.45) is 0 Å². The predicted molar refractivity (Wildman–Crippen MR) is 85.6 cm³/mol. The van der Waals surface area contributed by atoms with Gasteiger partial charge in [0, 0.05) is 0 Å². The van der Waals surface area contributed by atoms with E-state index in [1.54, 1.807) is 0 Å². The average molecular weight is 294 g/mol. The maximum Gasteiger partial charge on any atom is 0.137 e. The molecule has 0 spiro atoms. The molecule has 0 atom stereocenters. The molecule has 0 fully saturated rings. The van der Waals surface area contributed by atoms with Crippen LogP contribution >= 0.6 is 0 Å². The minimum Gasteiger partial charge on any atom is -0.488 e. The largest absolute Gasteiger partial charge is 0.488 e. The topological polar surface area (TPSA) is 42.6 Å². The standard InChI is InChI=1S/C19H18O3/c1-14-7-9-19(22-14)17-11-16(12-20)8-10-18(17)21-13-15-5-3-2-4-6-15/h2-11,20H,12-13H2,1H3. The van der Waals surface area contributed by atoms with Gasteiger partial charge in [-0.1, -0.05) is 36.4 Å². The summed E-state index contributed by atoms with van der Waals surface area (Å²) in [5, 5.41) is 9.34. The number of aliphatic hydroxyl groups excluding tert-OH is 1. The molecule has 0 saturated heterocycles. The Balaban J connectivity index is 1.89. The van der Waals surface area contributed by atoms with E-state index in [0.29, 0.717) is 6.61 Å². The summed E-state index contributed by atoms with van der Waals surface area (Å²) in [6, 6.07) is 19.5. The Morgan fingerprint density at radius 1 is 0.955 bits per heavy atom. The van der Waals surface area contributed by atoms with Gasteiger partial charge in [0.05, 0.1) is 12.2 Å². The summed E-state index contributed by atoms with van der Waals surface area (Å²) in [5.74, 6) is 2.34. The summed E-state index contributed by atoms with van der Waals surface area (Å²) in [5.41, 5.74) is 2.79. The molecule has 3 heteroatoms. The summed E-state index contributed by atoms with van der Waals surface area (Å²) < 4.78 is 11.6. The van der Waals surface area contributed by atoms with Crippen molar-refractivity contribution in [3.8, 4) is 17.1 Å². The zero-order valence-electron chi connectivity index (χ0n) is 12.5. The highest BCUT2D eigenvalue weighted by Crippen LogP contribution is 2.33. The Morgan fingerprint density at radius 2 is 1.77 bits per heavy atom. The van der Waals surface area contributed by atoms with Gasteiger partial charge in [0.2, 0.25) is 0 Å². The SMILES string of the molecule is Cc1ccc(-c2cc(CO)ccc2OCc2ccccc2)o1. The molecule has 1 heterocycles. The van der Waals surface area contributed by atoms with E-state index in [4.69, 9.17) is 9.15 Å². The molecular weight excluding hydrogens is 276 g/mol. The first kappa shape index (κ1) is 14.4. The van der Waals surface area contributed by atoms with Crippen molar-refractivity contribution in [1.82, 2.24) is 0 Å². The van der Waals surface area contributed by atoms with Crippen LogP contribution in [-0.4, -0.2) is 5.11 Å². The second kappa shape index (κ2) is 6.50. The molecule has 2 aromatic carbocycles. The van der Waals surface area contributed by atoms with Crippen molar-refractivity contribution in [2.45, 2.75) is 20.1 Å². The highest BCUT2D eigenvalue weighted by atomic mass is 16.5. The van der Waals surface area contributed by atoms with Crippen molar-refractivity contribution < 1.29 is 14.3 Å². The van der Waals surface area contributed by atoms with E-state index in [1.807, 2.05) is 67.6 Å².